The molecule has 76 valence electrons. The van der Waals surface area contributed by atoms with E-state index < -0.39 is 23.0 Å². The van der Waals surface area contributed by atoms with Gasteiger partial charge < -0.3 is 15.5 Å². The fourth-order valence-corrected chi connectivity index (χ4v) is 2.20. The summed E-state index contributed by atoms with van der Waals surface area (Å²) in [7, 11) is 0. The number of nitrogens with one attached hydrogen (secondary N) is 1. The van der Waals surface area contributed by atoms with Gasteiger partial charge in [-0.15, -0.1) is 0 Å². The Labute approximate surface area is 84.4 Å². The van der Waals surface area contributed by atoms with Gasteiger partial charge in [-0.3, -0.25) is 9.59 Å². The SMILES string of the molecule is O=C1C[C@]2(O)C=C(Cl)C(=O)[C@@](O)(C2)N1. The lowest BCUT2D eigenvalue weighted by atomic mass is 9.78. The van der Waals surface area contributed by atoms with Crippen LogP contribution in [-0.4, -0.2) is 33.2 Å². The molecule has 1 heterocycles. The van der Waals surface area contributed by atoms with Gasteiger partial charge in [0.15, 0.2) is 0 Å². The molecule has 0 unspecified atom stereocenters. The first-order chi connectivity index (χ1) is 6.35. The van der Waals surface area contributed by atoms with Gasteiger partial charge in [0.1, 0.15) is 0 Å². The quantitative estimate of drug-likeness (QED) is 0.487. The number of carbonyl (C=O) groups excluding carboxylic acids is 2. The van der Waals surface area contributed by atoms with Crippen LogP contribution in [0.25, 0.3) is 0 Å². The molecule has 2 atom stereocenters. The third kappa shape index (κ3) is 1.25. The maximum atomic E-state index is 11.4. The molecule has 3 N–H and O–H groups in total. The molecule has 2 rings (SSSR count). The molecule has 0 aromatic carbocycles. The minimum Gasteiger partial charge on any atom is -0.385 e. The van der Waals surface area contributed by atoms with Gasteiger partial charge in [-0.25, -0.2) is 0 Å². The van der Waals surface area contributed by atoms with Gasteiger partial charge in [-0.05, 0) is 6.08 Å². The molecule has 0 radical (unpaired) electrons. The highest BCUT2D eigenvalue weighted by Crippen LogP contribution is 2.37. The standard InChI is InChI=1S/C8H8ClNO4/c9-4-1-7(13)2-5(11)10-8(14,3-7)6(4)12/h1,13-14H,2-3H2,(H,10,11)/t7-,8+/m1/s1. The highest BCUT2D eigenvalue weighted by molar-refractivity contribution is 6.44. The zero-order chi connectivity index (χ0) is 10.6. The van der Waals surface area contributed by atoms with E-state index in [1.165, 1.54) is 0 Å². The van der Waals surface area contributed by atoms with Crippen molar-refractivity contribution in [2.75, 3.05) is 0 Å². The summed E-state index contributed by atoms with van der Waals surface area (Å²) in [5.74, 6) is -1.35. The summed E-state index contributed by atoms with van der Waals surface area (Å²) in [6.45, 7) is 0. The van der Waals surface area contributed by atoms with E-state index in [9.17, 15) is 19.8 Å². The Morgan fingerprint density at radius 3 is 2.71 bits per heavy atom. The molecule has 6 heteroatoms. The number of hydrogen-bond donors (Lipinski definition) is 3. The summed E-state index contributed by atoms with van der Waals surface area (Å²) in [5, 5.41) is 21.4. The van der Waals surface area contributed by atoms with Crippen LogP contribution in [0.1, 0.15) is 12.8 Å². The number of carbonyl (C=O) groups is 2. The first kappa shape index (κ1) is 9.64. The van der Waals surface area contributed by atoms with Crippen molar-refractivity contribution >= 4 is 23.3 Å². The number of rotatable bonds is 0. The van der Waals surface area contributed by atoms with E-state index in [-0.39, 0.29) is 17.9 Å². The predicted molar refractivity (Wildman–Crippen MR) is 46.2 cm³/mol. The lowest BCUT2D eigenvalue weighted by Crippen LogP contribution is -2.65. The van der Waals surface area contributed by atoms with Crippen molar-refractivity contribution in [1.29, 1.82) is 0 Å². The molecule has 1 aliphatic heterocycles. The Balaban J connectivity index is 2.52. The summed E-state index contributed by atoms with van der Waals surface area (Å²) >= 11 is 5.54. The zero-order valence-electron chi connectivity index (χ0n) is 7.08. The average molecular weight is 218 g/mol. The number of hydrogen-bond acceptors (Lipinski definition) is 4. The Hall–Kier alpha value is -0.910. The fraction of sp³-hybridized carbons (Fsp3) is 0.500. The van der Waals surface area contributed by atoms with Gasteiger partial charge in [0.25, 0.3) is 0 Å². The second-order valence-corrected chi connectivity index (χ2v) is 4.09. The molecule has 1 fully saturated rings. The normalized spacial score (nSPS) is 41.8. The van der Waals surface area contributed by atoms with Crippen LogP contribution < -0.4 is 5.32 Å². The van der Waals surface area contributed by atoms with E-state index in [4.69, 9.17) is 11.6 Å². The van der Waals surface area contributed by atoms with E-state index in [1.807, 2.05) is 0 Å². The second kappa shape index (κ2) is 2.56. The summed E-state index contributed by atoms with van der Waals surface area (Å²) in [4.78, 5) is 22.5. The van der Waals surface area contributed by atoms with Crippen LogP contribution in [0, 0.1) is 0 Å². The molecule has 0 aromatic heterocycles. The van der Waals surface area contributed by atoms with E-state index >= 15 is 0 Å². The Morgan fingerprint density at radius 1 is 1.43 bits per heavy atom. The molecule has 2 bridgehead atoms. The second-order valence-electron chi connectivity index (χ2n) is 3.69. The fourth-order valence-electron chi connectivity index (χ4n) is 1.84. The topological polar surface area (TPSA) is 86.6 Å². The Bertz CT molecular complexity index is 366. The first-order valence-electron chi connectivity index (χ1n) is 4.04. The van der Waals surface area contributed by atoms with Crippen LogP contribution in [0.4, 0.5) is 0 Å². The molecule has 1 aliphatic carbocycles. The highest BCUT2D eigenvalue weighted by atomic mass is 35.5. The molecular weight excluding hydrogens is 210 g/mol. The van der Waals surface area contributed by atoms with Crippen LogP contribution in [0.15, 0.2) is 11.1 Å². The summed E-state index contributed by atoms with van der Waals surface area (Å²) in [6.07, 6.45) is 0.670. The van der Waals surface area contributed by atoms with Crippen LogP contribution in [-0.2, 0) is 9.59 Å². The van der Waals surface area contributed by atoms with Crippen LogP contribution in [0.3, 0.4) is 0 Å². The van der Waals surface area contributed by atoms with Gasteiger partial charge in [0.2, 0.25) is 17.4 Å². The smallest absolute Gasteiger partial charge is 0.226 e. The zero-order valence-corrected chi connectivity index (χ0v) is 7.84. The molecule has 0 aromatic rings. The van der Waals surface area contributed by atoms with Crippen molar-refractivity contribution in [3.8, 4) is 0 Å². The maximum absolute atomic E-state index is 11.4. The molecule has 0 saturated carbocycles. The highest BCUT2D eigenvalue weighted by Gasteiger charge is 2.54. The van der Waals surface area contributed by atoms with Gasteiger partial charge in [0, 0.05) is 6.42 Å². The molecule has 0 spiro atoms. The van der Waals surface area contributed by atoms with E-state index in [2.05, 4.69) is 5.32 Å². The maximum Gasteiger partial charge on any atom is 0.226 e. The number of halogens is 1. The third-order valence-corrected chi connectivity index (χ3v) is 2.64. The van der Waals surface area contributed by atoms with E-state index in [0.717, 1.165) is 6.08 Å². The third-order valence-electron chi connectivity index (χ3n) is 2.36. The number of Topliss-reactive ketones (excluding diaryl/α,β-unsaturated/α-hetero) is 1. The number of ketones is 1. The van der Waals surface area contributed by atoms with Gasteiger partial charge >= 0.3 is 0 Å². The van der Waals surface area contributed by atoms with Crippen molar-refractivity contribution in [2.45, 2.75) is 24.2 Å². The number of amides is 1. The lowest BCUT2D eigenvalue weighted by Gasteiger charge is -2.42. The van der Waals surface area contributed by atoms with Crippen LogP contribution >= 0.6 is 11.6 Å². The molecule has 1 saturated heterocycles. The molecule has 1 amide bonds. The monoisotopic (exact) mass is 217 g/mol. The summed E-state index contributed by atoms with van der Waals surface area (Å²) < 4.78 is 0. The lowest BCUT2D eigenvalue weighted by molar-refractivity contribution is -0.163. The molecule has 5 nitrogen and oxygen atoms in total. The van der Waals surface area contributed by atoms with E-state index in [0.29, 0.717) is 0 Å². The van der Waals surface area contributed by atoms with Crippen molar-refractivity contribution in [1.82, 2.24) is 5.32 Å². The average Bonchev–Trinajstić information content (AvgIpc) is 1.97. The van der Waals surface area contributed by atoms with Gasteiger partial charge in [-0.1, -0.05) is 11.6 Å². The summed E-state index contributed by atoms with van der Waals surface area (Å²) in [5.41, 5.74) is -3.56. The number of fused-ring (bicyclic) bond motifs is 2. The Morgan fingerprint density at radius 2 is 2.07 bits per heavy atom. The molecule has 14 heavy (non-hydrogen) atoms. The van der Waals surface area contributed by atoms with Crippen LogP contribution in [0.5, 0.6) is 0 Å². The van der Waals surface area contributed by atoms with Crippen molar-refractivity contribution in [2.24, 2.45) is 0 Å². The minimum absolute atomic E-state index is 0.196. The van der Waals surface area contributed by atoms with Gasteiger partial charge in [-0.2, -0.15) is 0 Å². The minimum atomic E-state index is -2.05. The van der Waals surface area contributed by atoms with Crippen molar-refractivity contribution in [3.05, 3.63) is 11.1 Å². The Kier molecular flexibility index (Phi) is 1.76. The van der Waals surface area contributed by atoms with E-state index in [1.54, 1.807) is 0 Å². The van der Waals surface area contributed by atoms with Gasteiger partial charge in [0.05, 0.1) is 17.1 Å². The summed E-state index contributed by atoms with van der Waals surface area (Å²) in [6, 6.07) is 0. The van der Waals surface area contributed by atoms with Crippen molar-refractivity contribution in [3.63, 3.8) is 0 Å². The number of piperidine rings is 1. The molecular formula is C8H8ClNO4. The van der Waals surface area contributed by atoms with Crippen LogP contribution in [0.2, 0.25) is 0 Å². The van der Waals surface area contributed by atoms with Crippen molar-refractivity contribution < 1.29 is 19.8 Å². The first-order valence-corrected chi connectivity index (χ1v) is 4.41. The molecule has 2 aliphatic rings. The predicted octanol–water partition coefficient (Wildman–Crippen LogP) is -0.979. The number of aliphatic hydroxyl groups is 2. The largest absolute Gasteiger partial charge is 0.385 e.